The zero-order chi connectivity index (χ0) is 32.2. The number of piperidine rings is 1. The van der Waals surface area contributed by atoms with E-state index in [1.54, 1.807) is 0 Å². The van der Waals surface area contributed by atoms with E-state index in [1.807, 2.05) is 62.9 Å². The molecule has 45 heavy (non-hydrogen) atoms. The van der Waals surface area contributed by atoms with Crippen LogP contribution in [-0.2, 0) is 4.74 Å². The summed E-state index contributed by atoms with van der Waals surface area (Å²) in [6.07, 6.45) is 6.86. The Morgan fingerprint density at radius 3 is 2.38 bits per heavy atom. The number of halogens is 2. The lowest BCUT2D eigenvalue weighted by atomic mass is 9.88. The van der Waals surface area contributed by atoms with Crippen molar-refractivity contribution in [2.75, 3.05) is 50.1 Å². The normalized spacial score (nSPS) is 20.7. The number of piperazine rings is 1. The molecule has 0 N–H and O–H groups in total. The fourth-order valence-corrected chi connectivity index (χ4v) is 7.20. The van der Waals surface area contributed by atoms with E-state index in [4.69, 9.17) is 37.9 Å². The van der Waals surface area contributed by atoms with Gasteiger partial charge < -0.3 is 19.4 Å². The highest BCUT2D eigenvalue weighted by Gasteiger charge is 2.49. The first-order chi connectivity index (χ1) is 21.3. The fraction of sp³-hybridized carbons (Fsp3) is 0.457. The molecule has 0 saturated carbocycles. The van der Waals surface area contributed by atoms with Gasteiger partial charge in [-0.2, -0.15) is 4.98 Å². The highest BCUT2D eigenvalue weighted by molar-refractivity contribution is 6.41. The Bertz CT molecular complexity index is 1680. The van der Waals surface area contributed by atoms with E-state index in [1.165, 1.54) is 5.56 Å². The van der Waals surface area contributed by atoms with Crippen molar-refractivity contribution < 1.29 is 9.53 Å². The third-order valence-corrected chi connectivity index (χ3v) is 9.69. The van der Waals surface area contributed by atoms with Gasteiger partial charge in [-0.15, -0.1) is 0 Å². The molecule has 238 valence electrons. The zero-order valence-electron chi connectivity index (χ0n) is 27.1. The molecule has 0 spiro atoms. The van der Waals surface area contributed by atoms with E-state index in [2.05, 4.69) is 53.9 Å². The Hall–Kier alpha value is -3.33. The largest absolute Gasteiger partial charge is 0.444 e. The number of fused-ring (bicyclic) bond motifs is 3. The minimum absolute atomic E-state index is 0.0598. The minimum Gasteiger partial charge on any atom is -0.444 e. The number of benzene rings is 2. The molecule has 7 rings (SSSR count). The molecule has 2 unspecified atom stereocenters. The van der Waals surface area contributed by atoms with E-state index < -0.39 is 5.60 Å². The second-order valence-corrected chi connectivity index (χ2v) is 14.5. The predicted molar refractivity (Wildman–Crippen MR) is 186 cm³/mol. The summed E-state index contributed by atoms with van der Waals surface area (Å²) in [6.45, 7) is 12.8. The van der Waals surface area contributed by atoms with Gasteiger partial charge in [0.05, 0.1) is 27.6 Å². The summed E-state index contributed by atoms with van der Waals surface area (Å²) >= 11 is 14.2. The molecule has 0 radical (unpaired) electrons. The summed E-state index contributed by atoms with van der Waals surface area (Å²) in [6, 6.07) is 10.8. The summed E-state index contributed by atoms with van der Waals surface area (Å²) in [5, 5.41) is 1.88. The lowest BCUT2D eigenvalue weighted by molar-refractivity contribution is -0.0380. The molecule has 8 nitrogen and oxygen atoms in total. The summed E-state index contributed by atoms with van der Waals surface area (Å²) in [5.74, 6) is 1.47. The van der Waals surface area contributed by atoms with Crippen molar-refractivity contribution in [2.24, 2.45) is 0 Å². The molecule has 4 saturated heterocycles. The average molecular weight is 650 g/mol. The van der Waals surface area contributed by atoms with Gasteiger partial charge in [0.1, 0.15) is 11.4 Å². The van der Waals surface area contributed by atoms with E-state index in [9.17, 15) is 4.79 Å². The quantitative estimate of drug-likeness (QED) is 0.260. The van der Waals surface area contributed by atoms with Crippen LogP contribution in [0.4, 0.5) is 16.6 Å². The molecule has 2 aromatic carbocycles. The number of allylic oxidation sites excluding steroid dienone is 3. The Morgan fingerprint density at radius 1 is 1.04 bits per heavy atom. The van der Waals surface area contributed by atoms with Crippen molar-refractivity contribution in [1.29, 1.82) is 0 Å². The van der Waals surface area contributed by atoms with Crippen LogP contribution in [0.3, 0.4) is 0 Å². The minimum atomic E-state index is -0.534. The van der Waals surface area contributed by atoms with E-state index in [0.717, 1.165) is 47.4 Å². The van der Waals surface area contributed by atoms with Gasteiger partial charge in [0.2, 0.25) is 5.95 Å². The molecular weight excluding hydrogens is 607 g/mol. The van der Waals surface area contributed by atoms with Crippen molar-refractivity contribution in [3.05, 3.63) is 69.2 Å². The third kappa shape index (κ3) is 6.25. The highest BCUT2D eigenvalue weighted by atomic mass is 35.5. The predicted octanol–water partition coefficient (Wildman–Crippen LogP) is 7.31. The smallest absolute Gasteiger partial charge is 0.410 e. The number of hydrogen-bond donors (Lipinski definition) is 0. The molecule has 1 aromatic heterocycles. The number of hydrogen-bond acceptors (Lipinski definition) is 7. The van der Waals surface area contributed by atoms with Crippen molar-refractivity contribution in [1.82, 2.24) is 19.8 Å². The van der Waals surface area contributed by atoms with Gasteiger partial charge in [0, 0.05) is 43.2 Å². The number of aromatic nitrogens is 2. The van der Waals surface area contributed by atoms with Crippen LogP contribution in [0.5, 0.6) is 0 Å². The number of likely N-dealkylation sites (N-methyl/N-ethyl adjacent to an activating group) is 1. The molecule has 2 bridgehead atoms. The Labute approximate surface area is 276 Å². The van der Waals surface area contributed by atoms with Crippen molar-refractivity contribution >= 4 is 63.6 Å². The lowest BCUT2D eigenvalue weighted by Gasteiger charge is -2.56. The first-order valence-electron chi connectivity index (χ1n) is 15.6. The number of aryl methyl sites for hydroxylation is 1. The first kappa shape index (κ1) is 31.6. The number of ether oxygens (including phenoxy) is 1. The topological polar surface area (TPSA) is 65.0 Å². The van der Waals surface area contributed by atoms with Gasteiger partial charge in [0.25, 0.3) is 0 Å². The second-order valence-electron chi connectivity index (χ2n) is 13.7. The molecule has 4 fully saturated rings. The molecule has 0 aliphatic carbocycles. The molecule has 4 aliphatic rings. The van der Waals surface area contributed by atoms with Crippen LogP contribution in [0, 0.1) is 6.92 Å². The molecule has 5 heterocycles. The Morgan fingerprint density at radius 2 is 1.73 bits per heavy atom. The molecule has 10 heteroatoms. The second kappa shape index (κ2) is 12.1. The maximum atomic E-state index is 13.0. The van der Waals surface area contributed by atoms with Crippen LogP contribution < -0.4 is 9.80 Å². The lowest BCUT2D eigenvalue weighted by Crippen LogP contribution is -2.70. The van der Waals surface area contributed by atoms with Gasteiger partial charge in [-0.1, -0.05) is 65.7 Å². The Kier molecular flexibility index (Phi) is 8.52. The number of anilines is 2. The number of amides is 1. The van der Waals surface area contributed by atoms with Crippen LogP contribution in [0.2, 0.25) is 10.0 Å². The van der Waals surface area contributed by atoms with Crippen molar-refractivity contribution in [2.45, 2.75) is 64.8 Å². The zero-order valence-corrected chi connectivity index (χ0v) is 28.7. The number of rotatable bonds is 6. The maximum absolute atomic E-state index is 13.0. The molecular formula is C35H42Cl2N6O2. The summed E-state index contributed by atoms with van der Waals surface area (Å²) in [4.78, 5) is 31.7. The summed E-state index contributed by atoms with van der Waals surface area (Å²) < 4.78 is 5.70. The van der Waals surface area contributed by atoms with Crippen LogP contribution in [0.25, 0.3) is 22.6 Å². The molecule has 2 atom stereocenters. The summed E-state index contributed by atoms with van der Waals surface area (Å²) in [7, 11) is 4.19. The average Bonchev–Trinajstić information content (AvgIpc) is 2.92. The van der Waals surface area contributed by atoms with Crippen LogP contribution in [0.1, 0.15) is 50.8 Å². The number of nitrogens with zero attached hydrogens (tertiary/aromatic N) is 6. The van der Waals surface area contributed by atoms with Gasteiger partial charge in [-0.25, -0.2) is 9.78 Å². The fourth-order valence-electron chi connectivity index (χ4n) is 6.41. The number of carbonyl (C=O) groups excluding carboxylic acids is 1. The monoisotopic (exact) mass is 648 g/mol. The van der Waals surface area contributed by atoms with Gasteiger partial charge in [-0.05, 0) is 77.9 Å². The standard InChI is InChI=1S/C35H42Cl2N6O2/c1-21-11-8-9-13-23(21)14-10-12-22(2)29-28(36)16-27-31(30(29)37)38-33(42-19-26(20-42)40(6)7)39-32(27)41-17-24-15-25(18-41)43(24)34(44)45-35(3,4)5/h8-14,16,24-26H,15,17-20H2,1-7H3/b14-10-,22-12+. The van der Waals surface area contributed by atoms with E-state index in [0.29, 0.717) is 40.6 Å². The van der Waals surface area contributed by atoms with Crippen LogP contribution in [0.15, 0.2) is 42.5 Å². The first-order valence-corrected chi connectivity index (χ1v) is 16.3. The van der Waals surface area contributed by atoms with Crippen molar-refractivity contribution in [3.63, 3.8) is 0 Å². The van der Waals surface area contributed by atoms with E-state index >= 15 is 0 Å². The summed E-state index contributed by atoms with van der Waals surface area (Å²) in [5.41, 5.74) is 4.24. The van der Waals surface area contributed by atoms with Gasteiger partial charge >= 0.3 is 6.09 Å². The number of carbonyl (C=O) groups is 1. The van der Waals surface area contributed by atoms with Crippen LogP contribution >= 0.6 is 23.2 Å². The third-order valence-electron chi connectivity index (χ3n) is 9.03. The highest BCUT2D eigenvalue weighted by Crippen LogP contribution is 2.43. The van der Waals surface area contributed by atoms with Crippen LogP contribution in [-0.4, -0.2) is 89.9 Å². The van der Waals surface area contributed by atoms with Crippen molar-refractivity contribution in [3.8, 4) is 0 Å². The van der Waals surface area contributed by atoms with Gasteiger partial charge in [0.15, 0.2) is 0 Å². The molecule has 4 aliphatic heterocycles. The molecule has 1 amide bonds. The van der Waals surface area contributed by atoms with E-state index in [-0.39, 0.29) is 18.2 Å². The maximum Gasteiger partial charge on any atom is 0.410 e. The molecule has 3 aromatic rings. The van der Waals surface area contributed by atoms with Gasteiger partial charge in [-0.3, -0.25) is 4.90 Å². The SMILES string of the molecule is C/C(=C\C=C/c1ccccc1C)c1c(Cl)cc2c(N3CC4CC(C3)N4C(=O)OC(C)(C)C)nc(N3CC(N(C)C)C3)nc2c1Cl. The Balaban J connectivity index is 1.35.